The van der Waals surface area contributed by atoms with Gasteiger partial charge in [-0.25, -0.2) is 0 Å². The van der Waals surface area contributed by atoms with E-state index in [1.54, 1.807) is 19.1 Å². The van der Waals surface area contributed by atoms with Crippen LogP contribution in [0.25, 0.3) is 0 Å². The van der Waals surface area contributed by atoms with Crippen molar-refractivity contribution in [3.05, 3.63) is 56.6 Å². The number of ether oxygens (including phenoxy) is 3. The Hall–Kier alpha value is -2.26. The zero-order valence-corrected chi connectivity index (χ0v) is 18.7. The third-order valence-corrected chi connectivity index (χ3v) is 5.59. The second-order valence-corrected chi connectivity index (χ2v) is 8.11. The molecule has 1 aliphatic rings. The number of nitro groups is 1. The maximum absolute atomic E-state index is 11.5. The molecule has 1 N–H and O–H groups in total. The Kier molecular flexibility index (Phi) is 7.83. The number of rotatable bonds is 8. The monoisotopic (exact) mass is 470 g/mol. The summed E-state index contributed by atoms with van der Waals surface area (Å²) in [7, 11) is 1.41. The molecule has 0 radical (unpaired) electrons. The Balaban J connectivity index is 1.69. The third kappa shape index (κ3) is 5.92. The lowest BCUT2D eigenvalue weighted by molar-refractivity contribution is -0.386. The molecule has 1 fully saturated rings. The first-order chi connectivity index (χ1) is 14.8. The summed E-state index contributed by atoms with van der Waals surface area (Å²) in [5, 5.41) is 22.5. The van der Waals surface area contributed by atoms with E-state index in [1.807, 2.05) is 17.0 Å². The van der Waals surface area contributed by atoms with Crippen LogP contribution < -0.4 is 14.2 Å². The van der Waals surface area contributed by atoms with Gasteiger partial charge >= 0.3 is 5.69 Å². The summed E-state index contributed by atoms with van der Waals surface area (Å²) in [5.74, 6) is 0.980. The first-order valence-corrected chi connectivity index (χ1v) is 10.6. The highest BCUT2D eigenvalue weighted by atomic mass is 35.5. The summed E-state index contributed by atoms with van der Waals surface area (Å²) >= 11 is 11.9. The zero-order chi connectivity index (χ0) is 22.5. The smallest absolute Gasteiger partial charge is 0.312 e. The number of hydrogen-bond donors (Lipinski definition) is 1. The second-order valence-electron chi connectivity index (χ2n) is 7.27. The van der Waals surface area contributed by atoms with Crippen molar-refractivity contribution in [1.82, 2.24) is 4.90 Å². The molecule has 0 bridgehead atoms. The number of benzene rings is 2. The molecule has 31 heavy (non-hydrogen) atoms. The molecular weight excluding hydrogens is 447 g/mol. The molecule has 3 rings (SSSR count). The lowest BCUT2D eigenvalue weighted by Gasteiger charge is -2.38. The fourth-order valence-electron chi connectivity index (χ4n) is 3.48. The van der Waals surface area contributed by atoms with Gasteiger partial charge in [-0.2, -0.15) is 0 Å². The van der Waals surface area contributed by atoms with Gasteiger partial charge in [0.2, 0.25) is 5.75 Å². The molecule has 0 saturated carbocycles. The maximum Gasteiger partial charge on any atom is 0.312 e. The standard InChI is InChI=1S/C21H24Cl2N2O6/c1-13(26)21(31-20-12-19(29-2)17(23)11-18(20)25(27)28)24-9-7-16(8-10-24)30-15-5-3-14(22)4-6-15/h3-6,11-13,16,21,26H,7-10H2,1-2H3. The van der Waals surface area contributed by atoms with Crippen LogP contribution in [0.3, 0.4) is 0 Å². The average Bonchev–Trinajstić information content (AvgIpc) is 2.74. The largest absolute Gasteiger partial charge is 0.495 e. The van der Waals surface area contributed by atoms with Gasteiger partial charge in [-0.3, -0.25) is 15.0 Å². The first kappa shape index (κ1) is 23.4. The van der Waals surface area contributed by atoms with E-state index in [0.717, 1.165) is 5.75 Å². The van der Waals surface area contributed by atoms with Gasteiger partial charge in [0, 0.05) is 30.2 Å². The summed E-state index contributed by atoms with van der Waals surface area (Å²) in [5.41, 5.74) is -0.294. The van der Waals surface area contributed by atoms with Crippen LogP contribution in [-0.2, 0) is 0 Å². The van der Waals surface area contributed by atoms with Crippen molar-refractivity contribution >= 4 is 28.9 Å². The van der Waals surface area contributed by atoms with E-state index in [2.05, 4.69) is 0 Å². The number of likely N-dealkylation sites (tertiary alicyclic amines) is 1. The minimum absolute atomic E-state index is 0.0111. The van der Waals surface area contributed by atoms with Gasteiger partial charge in [-0.15, -0.1) is 0 Å². The van der Waals surface area contributed by atoms with Crippen LogP contribution in [0, 0.1) is 10.1 Å². The van der Waals surface area contributed by atoms with Crippen LogP contribution in [0.15, 0.2) is 36.4 Å². The van der Waals surface area contributed by atoms with Crippen LogP contribution in [0.1, 0.15) is 19.8 Å². The lowest BCUT2D eigenvalue weighted by Crippen LogP contribution is -2.51. The van der Waals surface area contributed by atoms with E-state index in [4.69, 9.17) is 37.4 Å². The molecular formula is C21H24Cl2N2O6. The van der Waals surface area contributed by atoms with Gasteiger partial charge in [0.25, 0.3) is 0 Å². The van der Waals surface area contributed by atoms with Gasteiger partial charge < -0.3 is 19.3 Å². The lowest BCUT2D eigenvalue weighted by atomic mass is 10.1. The molecule has 0 aliphatic carbocycles. The Labute approximate surface area is 190 Å². The third-order valence-electron chi connectivity index (χ3n) is 5.04. The fraction of sp³-hybridized carbons (Fsp3) is 0.429. The van der Waals surface area contributed by atoms with Crippen LogP contribution >= 0.6 is 23.2 Å². The summed E-state index contributed by atoms with van der Waals surface area (Å²) in [6, 6.07) is 9.74. The van der Waals surface area contributed by atoms with Gasteiger partial charge in [0.1, 0.15) is 23.7 Å². The van der Waals surface area contributed by atoms with Crippen molar-refractivity contribution in [3.63, 3.8) is 0 Å². The number of nitrogens with zero attached hydrogens (tertiary/aromatic N) is 2. The normalized spacial score (nSPS) is 17.1. The minimum atomic E-state index is -0.894. The molecule has 10 heteroatoms. The number of halogens is 2. The van der Waals surface area contributed by atoms with E-state index in [0.29, 0.717) is 31.0 Å². The summed E-state index contributed by atoms with van der Waals surface area (Å²) in [6.07, 6.45) is -0.240. The van der Waals surface area contributed by atoms with Crippen LogP contribution in [0.4, 0.5) is 5.69 Å². The zero-order valence-electron chi connectivity index (χ0n) is 17.2. The summed E-state index contributed by atoms with van der Waals surface area (Å²) in [4.78, 5) is 12.8. The van der Waals surface area contributed by atoms with Gasteiger partial charge in [0.15, 0.2) is 6.23 Å². The predicted molar refractivity (Wildman–Crippen MR) is 117 cm³/mol. The SMILES string of the molecule is COc1cc(OC(C(C)O)N2CCC(Oc3ccc(Cl)cc3)CC2)c([N+](=O)[O-])cc1Cl. The predicted octanol–water partition coefficient (Wildman–Crippen LogP) is 4.54. The Bertz CT molecular complexity index is 901. The highest BCUT2D eigenvalue weighted by Crippen LogP contribution is 2.38. The molecule has 2 aromatic rings. The van der Waals surface area contributed by atoms with Crippen molar-refractivity contribution in [3.8, 4) is 17.2 Å². The molecule has 1 saturated heterocycles. The molecule has 168 valence electrons. The van der Waals surface area contributed by atoms with Gasteiger partial charge in [0.05, 0.1) is 17.1 Å². The Morgan fingerprint density at radius 3 is 2.35 bits per heavy atom. The van der Waals surface area contributed by atoms with Gasteiger partial charge in [-0.1, -0.05) is 23.2 Å². The maximum atomic E-state index is 11.5. The van der Waals surface area contributed by atoms with Crippen LogP contribution in [-0.4, -0.2) is 53.6 Å². The molecule has 2 unspecified atom stereocenters. The van der Waals surface area contributed by atoms with Crippen molar-refractivity contribution in [2.24, 2.45) is 0 Å². The molecule has 1 heterocycles. The van der Waals surface area contributed by atoms with Crippen molar-refractivity contribution < 1.29 is 24.2 Å². The van der Waals surface area contributed by atoms with E-state index < -0.39 is 17.3 Å². The van der Waals surface area contributed by atoms with Crippen molar-refractivity contribution in [2.45, 2.75) is 38.2 Å². The molecule has 0 aromatic heterocycles. The number of piperidine rings is 1. The molecule has 0 amide bonds. The van der Waals surface area contributed by atoms with E-state index in [9.17, 15) is 15.2 Å². The van der Waals surface area contributed by atoms with Crippen LogP contribution in [0.2, 0.25) is 10.0 Å². The number of hydrogen-bond acceptors (Lipinski definition) is 7. The highest BCUT2D eigenvalue weighted by Gasteiger charge is 2.32. The first-order valence-electron chi connectivity index (χ1n) is 9.81. The number of aliphatic hydroxyl groups excluding tert-OH is 1. The van der Waals surface area contributed by atoms with Crippen molar-refractivity contribution in [1.29, 1.82) is 0 Å². The average molecular weight is 471 g/mol. The molecule has 2 atom stereocenters. The topological polar surface area (TPSA) is 94.3 Å². The Morgan fingerprint density at radius 1 is 1.16 bits per heavy atom. The second kappa shape index (κ2) is 10.4. The van der Waals surface area contributed by atoms with Crippen LogP contribution in [0.5, 0.6) is 17.2 Å². The minimum Gasteiger partial charge on any atom is -0.495 e. The van der Waals surface area contributed by atoms with E-state index >= 15 is 0 Å². The number of methoxy groups -OCH3 is 1. The Morgan fingerprint density at radius 2 is 1.81 bits per heavy atom. The summed E-state index contributed by atoms with van der Waals surface area (Å²) in [6.45, 7) is 2.76. The van der Waals surface area contributed by atoms with E-state index in [1.165, 1.54) is 19.2 Å². The highest BCUT2D eigenvalue weighted by molar-refractivity contribution is 6.32. The van der Waals surface area contributed by atoms with E-state index in [-0.39, 0.29) is 28.3 Å². The molecule has 8 nitrogen and oxygen atoms in total. The number of aliphatic hydroxyl groups is 1. The quantitative estimate of drug-likeness (QED) is 0.446. The van der Waals surface area contributed by atoms with Gasteiger partial charge in [-0.05, 0) is 44.0 Å². The fourth-order valence-corrected chi connectivity index (χ4v) is 3.84. The molecule has 1 aliphatic heterocycles. The molecule has 0 spiro atoms. The molecule has 2 aromatic carbocycles. The number of nitro benzene ring substituents is 1. The summed E-state index contributed by atoms with van der Waals surface area (Å²) < 4.78 is 17.1. The van der Waals surface area contributed by atoms with Crippen molar-refractivity contribution in [2.75, 3.05) is 20.2 Å².